The van der Waals surface area contributed by atoms with Crippen molar-refractivity contribution in [2.75, 3.05) is 13.2 Å². The summed E-state index contributed by atoms with van der Waals surface area (Å²) in [5.41, 5.74) is 1.10. The Morgan fingerprint density at radius 3 is 2.71 bits per heavy atom. The van der Waals surface area contributed by atoms with Crippen LogP contribution in [0.25, 0.3) is 0 Å². The molecule has 0 radical (unpaired) electrons. The predicted octanol–water partition coefficient (Wildman–Crippen LogP) is 4.87. The molecule has 0 saturated heterocycles. The summed E-state index contributed by atoms with van der Waals surface area (Å²) in [6.07, 6.45) is 0. The molecule has 0 saturated carbocycles. The lowest BCUT2D eigenvalue weighted by molar-refractivity contribution is 0.171. The van der Waals surface area contributed by atoms with E-state index in [1.165, 1.54) is 0 Å². The minimum Gasteiger partial charge on any atom is -0.486 e. The van der Waals surface area contributed by atoms with E-state index in [1.807, 2.05) is 41.9 Å². The molecule has 0 spiro atoms. The molecule has 1 aromatic heterocycles. The first kappa shape index (κ1) is 19.4. The molecule has 0 bridgehead atoms. The van der Waals surface area contributed by atoms with Crippen LogP contribution in [0.2, 0.25) is 5.02 Å². The zero-order valence-electron chi connectivity index (χ0n) is 15.0. The molecule has 2 heterocycles. The highest BCUT2D eigenvalue weighted by Crippen LogP contribution is 2.37. The minimum absolute atomic E-state index is 0.293. The van der Waals surface area contributed by atoms with Crippen molar-refractivity contribution < 1.29 is 14.2 Å². The van der Waals surface area contributed by atoms with Crippen molar-refractivity contribution in [1.29, 1.82) is 0 Å². The number of para-hydroxylation sites is 1. The number of hydrogen-bond donors (Lipinski definition) is 0. The molecular weight excluding hydrogens is 466 g/mol. The largest absolute Gasteiger partial charge is 0.486 e. The van der Waals surface area contributed by atoms with E-state index in [-0.39, 0.29) is 0 Å². The second-order valence-corrected chi connectivity index (χ2v) is 8.26. The summed E-state index contributed by atoms with van der Waals surface area (Å²) in [5, 5.41) is 9.88. The Morgan fingerprint density at radius 1 is 1.18 bits per heavy atom. The maximum absolute atomic E-state index is 6.12. The van der Waals surface area contributed by atoms with Gasteiger partial charge in [0.25, 0.3) is 0 Å². The third kappa shape index (κ3) is 4.24. The second-order valence-electron chi connectivity index (χ2n) is 6.05. The molecule has 0 aliphatic carbocycles. The van der Waals surface area contributed by atoms with Crippen molar-refractivity contribution >= 4 is 39.3 Å². The van der Waals surface area contributed by atoms with Gasteiger partial charge < -0.3 is 18.8 Å². The minimum atomic E-state index is 0.293. The second kappa shape index (κ2) is 8.63. The van der Waals surface area contributed by atoms with Crippen LogP contribution in [0.4, 0.5) is 0 Å². The standard InChI is InChI=1S/C19H17BrClN3O3S/c1-24-18(10-27-15-5-3-2-4-14(15)21)22-23-19(24)28-11-12-8-16-17(9-13(12)20)26-7-6-25-16/h2-5,8-9H,6-7,10-11H2,1H3. The van der Waals surface area contributed by atoms with E-state index >= 15 is 0 Å². The van der Waals surface area contributed by atoms with Gasteiger partial charge in [0.15, 0.2) is 22.5 Å². The van der Waals surface area contributed by atoms with E-state index < -0.39 is 0 Å². The van der Waals surface area contributed by atoms with Crippen molar-refractivity contribution in [3.05, 3.63) is 57.3 Å². The highest BCUT2D eigenvalue weighted by atomic mass is 79.9. The maximum atomic E-state index is 6.12. The predicted molar refractivity (Wildman–Crippen MR) is 111 cm³/mol. The third-order valence-electron chi connectivity index (χ3n) is 4.19. The summed E-state index contributed by atoms with van der Waals surface area (Å²) >= 11 is 11.3. The number of thioether (sulfide) groups is 1. The number of fused-ring (bicyclic) bond motifs is 1. The summed E-state index contributed by atoms with van der Waals surface area (Å²) in [7, 11) is 1.92. The Morgan fingerprint density at radius 2 is 1.93 bits per heavy atom. The van der Waals surface area contributed by atoms with Crippen LogP contribution >= 0.6 is 39.3 Å². The van der Waals surface area contributed by atoms with Crippen LogP contribution in [-0.2, 0) is 19.4 Å². The zero-order valence-corrected chi connectivity index (χ0v) is 18.2. The topological polar surface area (TPSA) is 58.4 Å². The number of benzene rings is 2. The first-order valence-corrected chi connectivity index (χ1v) is 10.7. The SMILES string of the molecule is Cn1c(COc2ccccc2Cl)nnc1SCc1cc2c(cc1Br)OCCO2. The Hall–Kier alpha value is -1.90. The van der Waals surface area contributed by atoms with Gasteiger partial charge >= 0.3 is 0 Å². The number of aromatic nitrogens is 3. The van der Waals surface area contributed by atoms with Crippen molar-refractivity contribution in [2.45, 2.75) is 17.5 Å². The Balaban J connectivity index is 1.42. The fourth-order valence-corrected chi connectivity index (χ4v) is 4.42. The van der Waals surface area contributed by atoms with Gasteiger partial charge in [-0.15, -0.1) is 10.2 Å². The van der Waals surface area contributed by atoms with Gasteiger partial charge in [0, 0.05) is 17.3 Å². The van der Waals surface area contributed by atoms with Crippen LogP contribution in [0, 0.1) is 0 Å². The van der Waals surface area contributed by atoms with E-state index in [2.05, 4.69) is 26.1 Å². The molecule has 146 valence electrons. The van der Waals surface area contributed by atoms with Gasteiger partial charge in [-0.2, -0.15) is 0 Å². The quantitative estimate of drug-likeness (QED) is 0.467. The molecule has 4 rings (SSSR count). The van der Waals surface area contributed by atoms with Crippen LogP contribution in [0.1, 0.15) is 11.4 Å². The molecule has 1 aliphatic rings. The average Bonchev–Trinajstić information content (AvgIpc) is 3.05. The van der Waals surface area contributed by atoms with Crippen LogP contribution in [0.5, 0.6) is 17.2 Å². The fraction of sp³-hybridized carbons (Fsp3) is 0.263. The summed E-state index contributed by atoms with van der Waals surface area (Å²) in [5.74, 6) is 3.61. The fourth-order valence-electron chi connectivity index (χ4n) is 2.66. The molecule has 0 fully saturated rings. The van der Waals surface area contributed by atoms with Crippen LogP contribution < -0.4 is 14.2 Å². The molecule has 2 aromatic carbocycles. The summed E-state index contributed by atoms with van der Waals surface area (Å²) in [6, 6.07) is 11.3. The highest BCUT2D eigenvalue weighted by molar-refractivity contribution is 9.10. The van der Waals surface area contributed by atoms with E-state index in [0.29, 0.717) is 36.3 Å². The molecule has 0 amide bonds. The number of ether oxygens (including phenoxy) is 3. The lowest BCUT2D eigenvalue weighted by Gasteiger charge is -2.19. The lowest BCUT2D eigenvalue weighted by Crippen LogP contribution is -2.15. The third-order valence-corrected chi connectivity index (χ3v) is 6.31. The molecule has 6 nitrogen and oxygen atoms in total. The van der Waals surface area contributed by atoms with E-state index in [9.17, 15) is 0 Å². The molecule has 28 heavy (non-hydrogen) atoms. The summed E-state index contributed by atoms with van der Waals surface area (Å²) < 4.78 is 19.9. The van der Waals surface area contributed by atoms with Crippen molar-refractivity contribution in [3.63, 3.8) is 0 Å². The Labute approximate surface area is 180 Å². The molecule has 1 aliphatic heterocycles. The smallest absolute Gasteiger partial charge is 0.191 e. The van der Waals surface area contributed by atoms with Gasteiger partial charge in [-0.25, -0.2) is 0 Å². The molecule has 0 atom stereocenters. The van der Waals surface area contributed by atoms with E-state index in [1.54, 1.807) is 17.8 Å². The van der Waals surface area contributed by atoms with Gasteiger partial charge in [-0.05, 0) is 29.8 Å². The molecule has 9 heteroatoms. The van der Waals surface area contributed by atoms with Crippen LogP contribution in [0.3, 0.4) is 0 Å². The molecular formula is C19H17BrClN3O3S. The number of halogens is 2. The van der Waals surface area contributed by atoms with Crippen molar-refractivity contribution in [2.24, 2.45) is 7.05 Å². The van der Waals surface area contributed by atoms with Gasteiger partial charge in [0.2, 0.25) is 0 Å². The summed E-state index contributed by atoms with van der Waals surface area (Å²) in [4.78, 5) is 0. The Kier molecular flexibility index (Phi) is 5.99. The van der Waals surface area contributed by atoms with E-state index in [0.717, 1.165) is 32.5 Å². The first-order chi connectivity index (χ1) is 13.6. The van der Waals surface area contributed by atoms with Gasteiger partial charge in [0.1, 0.15) is 25.6 Å². The normalized spacial score (nSPS) is 12.8. The average molecular weight is 483 g/mol. The van der Waals surface area contributed by atoms with Crippen LogP contribution in [-0.4, -0.2) is 28.0 Å². The van der Waals surface area contributed by atoms with Crippen LogP contribution in [0.15, 0.2) is 46.0 Å². The van der Waals surface area contributed by atoms with E-state index in [4.69, 9.17) is 25.8 Å². The first-order valence-electron chi connectivity index (χ1n) is 8.58. The maximum Gasteiger partial charge on any atom is 0.191 e. The molecule has 0 unspecified atom stereocenters. The van der Waals surface area contributed by atoms with Gasteiger partial charge in [0.05, 0.1) is 5.02 Å². The number of nitrogens with zero attached hydrogens (tertiary/aromatic N) is 3. The lowest BCUT2D eigenvalue weighted by atomic mass is 10.2. The number of hydrogen-bond acceptors (Lipinski definition) is 6. The zero-order chi connectivity index (χ0) is 19.5. The highest BCUT2D eigenvalue weighted by Gasteiger charge is 2.16. The van der Waals surface area contributed by atoms with Crippen molar-refractivity contribution in [1.82, 2.24) is 14.8 Å². The molecule has 3 aromatic rings. The monoisotopic (exact) mass is 481 g/mol. The Bertz CT molecular complexity index is 999. The molecule has 0 N–H and O–H groups in total. The summed E-state index contributed by atoms with van der Waals surface area (Å²) in [6.45, 7) is 1.44. The number of rotatable bonds is 6. The van der Waals surface area contributed by atoms with Gasteiger partial charge in [-0.1, -0.05) is 51.4 Å². The van der Waals surface area contributed by atoms with Crippen molar-refractivity contribution in [3.8, 4) is 17.2 Å². The van der Waals surface area contributed by atoms with Gasteiger partial charge in [-0.3, -0.25) is 0 Å².